The van der Waals surface area contributed by atoms with E-state index in [1.54, 1.807) is 7.11 Å². The van der Waals surface area contributed by atoms with Crippen molar-refractivity contribution in [1.29, 1.82) is 0 Å². The van der Waals surface area contributed by atoms with Gasteiger partial charge in [-0.15, -0.1) is 0 Å². The average molecular weight is 304 g/mol. The van der Waals surface area contributed by atoms with Crippen LogP contribution in [0.3, 0.4) is 0 Å². The number of nitrogens with one attached hydrogen (secondary N) is 1. The third-order valence-corrected chi connectivity index (χ3v) is 4.72. The molecule has 2 saturated heterocycles. The first-order valence-corrected chi connectivity index (χ1v) is 7.81. The van der Waals surface area contributed by atoms with Crippen LogP contribution in [-0.4, -0.2) is 57.4 Å². The highest BCUT2D eigenvalue weighted by atomic mass is 16.5. The number of methoxy groups -OCH3 is 1. The second-order valence-electron chi connectivity index (χ2n) is 6.44. The summed E-state index contributed by atoms with van der Waals surface area (Å²) in [6.07, 6.45) is 0. The Morgan fingerprint density at radius 1 is 1.45 bits per heavy atom. The van der Waals surface area contributed by atoms with Crippen LogP contribution in [0.4, 0.5) is 0 Å². The fraction of sp³-hybridized carbons (Fsp3) is 0.588. The molecule has 0 unspecified atom stereocenters. The zero-order valence-electron chi connectivity index (χ0n) is 13.1. The van der Waals surface area contributed by atoms with E-state index < -0.39 is 0 Å². The number of hydrogen-bond acceptors (Lipinski definition) is 4. The summed E-state index contributed by atoms with van der Waals surface area (Å²) in [4.78, 5) is 14.4. The summed E-state index contributed by atoms with van der Waals surface area (Å²) < 4.78 is 11.0. The third-order valence-electron chi connectivity index (χ3n) is 4.72. The van der Waals surface area contributed by atoms with Crippen LogP contribution in [0.25, 0.3) is 0 Å². The van der Waals surface area contributed by atoms with Crippen molar-refractivity contribution < 1.29 is 14.3 Å². The van der Waals surface area contributed by atoms with Crippen molar-refractivity contribution in [3.8, 4) is 0 Å². The predicted octanol–water partition coefficient (Wildman–Crippen LogP) is 0.898. The molecule has 2 heterocycles. The van der Waals surface area contributed by atoms with Gasteiger partial charge in [-0.3, -0.25) is 9.69 Å². The van der Waals surface area contributed by atoms with Crippen molar-refractivity contribution in [1.82, 2.24) is 10.2 Å². The van der Waals surface area contributed by atoms with Gasteiger partial charge in [-0.05, 0) is 5.56 Å². The van der Waals surface area contributed by atoms with Crippen LogP contribution in [0.2, 0.25) is 0 Å². The van der Waals surface area contributed by atoms with Crippen LogP contribution < -0.4 is 5.32 Å². The molecular formula is C17H24N2O3. The van der Waals surface area contributed by atoms with Crippen molar-refractivity contribution in [2.24, 2.45) is 11.3 Å². The van der Waals surface area contributed by atoms with Gasteiger partial charge in [0.25, 0.3) is 0 Å². The van der Waals surface area contributed by atoms with Crippen LogP contribution in [-0.2, 0) is 20.8 Å². The van der Waals surface area contributed by atoms with Gasteiger partial charge in [0, 0.05) is 38.1 Å². The zero-order chi connectivity index (χ0) is 15.4. The first kappa shape index (κ1) is 15.5. The van der Waals surface area contributed by atoms with Gasteiger partial charge >= 0.3 is 0 Å². The molecule has 2 atom stereocenters. The summed E-state index contributed by atoms with van der Waals surface area (Å²) in [6, 6.07) is 9.98. The molecule has 5 nitrogen and oxygen atoms in total. The quantitative estimate of drug-likeness (QED) is 0.848. The molecule has 2 aliphatic heterocycles. The van der Waals surface area contributed by atoms with Gasteiger partial charge in [-0.2, -0.15) is 0 Å². The molecule has 120 valence electrons. The van der Waals surface area contributed by atoms with Crippen molar-refractivity contribution >= 4 is 5.91 Å². The number of carbonyl (C=O) groups is 1. The van der Waals surface area contributed by atoms with Crippen molar-refractivity contribution in [3.05, 3.63) is 35.9 Å². The molecule has 1 amide bonds. The number of fused-ring (bicyclic) bond motifs is 1. The summed E-state index contributed by atoms with van der Waals surface area (Å²) in [7, 11) is 1.74. The molecule has 1 N–H and O–H groups in total. The minimum atomic E-state index is 0.0778. The molecule has 1 aromatic carbocycles. The first-order chi connectivity index (χ1) is 10.7. The van der Waals surface area contributed by atoms with E-state index in [9.17, 15) is 4.79 Å². The second kappa shape index (κ2) is 6.77. The van der Waals surface area contributed by atoms with Gasteiger partial charge < -0.3 is 14.8 Å². The van der Waals surface area contributed by atoms with E-state index in [-0.39, 0.29) is 11.3 Å². The summed E-state index contributed by atoms with van der Waals surface area (Å²) in [6.45, 7) is 5.07. The average Bonchev–Trinajstić information content (AvgIpc) is 3.03. The Bertz CT molecular complexity index is 508. The number of ether oxygens (including phenoxy) is 2. The van der Waals surface area contributed by atoms with Gasteiger partial charge in [0.1, 0.15) is 0 Å². The summed E-state index contributed by atoms with van der Waals surface area (Å²) in [5, 5.41) is 2.99. The molecule has 22 heavy (non-hydrogen) atoms. The Balaban J connectivity index is 1.48. The van der Waals surface area contributed by atoms with Crippen molar-refractivity contribution in [3.63, 3.8) is 0 Å². The Labute approximate surface area is 131 Å². The number of hydrogen-bond donors (Lipinski definition) is 1. The van der Waals surface area contributed by atoms with Crippen LogP contribution in [0.15, 0.2) is 30.3 Å². The van der Waals surface area contributed by atoms with Crippen LogP contribution >= 0.6 is 0 Å². The lowest BCUT2D eigenvalue weighted by Gasteiger charge is -2.26. The van der Waals surface area contributed by atoms with Gasteiger partial charge in [0.2, 0.25) is 5.91 Å². The molecule has 3 rings (SSSR count). The summed E-state index contributed by atoms with van der Waals surface area (Å²) in [5.74, 6) is 0.562. The van der Waals surface area contributed by atoms with Crippen LogP contribution in [0.1, 0.15) is 5.56 Å². The first-order valence-electron chi connectivity index (χ1n) is 7.81. The Morgan fingerprint density at radius 3 is 3.05 bits per heavy atom. The van der Waals surface area contributed by atoms with E-state index in [1.165, 1.54) is 0 Å². The fourth-order valence-corrected chi connectivity index (χ4v) is 3.61. The lowest BCUT2D eigenvalue weighted by molar-refractivity contribution is -0.122. The molecule has 0 saturated carbocycles. The summed E-state index contributed by atoms with van der Waals surface area (Å²) >= 11 is 0. The van der Waals surface area contributed by atoms with Crippen molar-refractivity contribution in [2.75, 3.05) is 46.6 Å². The fourth-order valence-electron chi connectivity index (χ4n) is 3.61. The third kappa shape index (κ3) is 3.32. The van der Waals surface area contributed by atoms with E-state index in [4.69, 9.17) is 9.47 Å². The number of carbonyl (C=O) groups excluding carboxylic acids is 1. The zero-order valence-corrected chi connectivity index (χ0v) is 13.1. The predicted molar refractivity (Wildman–Crippen MR) is 83.3 cm³/mol. The second-order valence-corrected chi connectivity index (χ2v) is 6.44. The van der Waals surface area contributed by atoms with E-state index in [0.717, 1.165) is 31.9 Å². The highest BCUT2D eigenvalue weighted by molar-refractivity contribution is 5.78. The highest BCUT2D eigenvalue weighted by Crippen LogP contribution is 2.41. The van der Waals surface area contributed by atoms with E-state index >= 15 is 0 Å². The lowest BCUT2D eigenvalue weighted by atomic mass is 9.82. The van der Waals surface area contributed by atoms with E-state index in [0.29, 0.717) is 25.6 Å². The van der Waals surface area contributed by atoms with Crippen LogP contribution in [0.5, 0.6) is 0 Å². The molecule has 0 aromatic heterocycles. The normalized spacial score (nSPS) is 27.8. The van der Waals surface area contributed by atoms with E-state index in [1.807, 2.05) is 30.3 Å². The largest absolute Gasteiger partial charge is 0.384 e. The minimum Gasteiger partial charge on any atom is -0.384 e. The molecule has 5 heteroatoms. The molecule has 0 aliphatic carbocycles. The molecule has 0 radical (unpaired) electrons. The topological polar surface area (TPSA) is 50.8 Å². The molecule has 0 spiro atoms. The number of nitrogens with zero attached hydrogens (tertiary/aromatic N) is 1. The van der Waals surface area contributed by atoms with Crippen LogP contribution in [0, 0.1) is 11.3 Å². The standard InChI is InChI=1S/C17H24N2O3/c1-21-12-17-11-19(8-15(17)10-22-13-17)9-16(20)18-7-14-5-3-2-4-6-14/h2-6,15H,7-13H2,1H3,(H,18,20)/t15-,17-/m0/s1. The monoisotopic (exact) mass is 304 g/mol. The Morgan fingerprint density at radius 2 is 2.27 bits per heavy atom. The number of rotatable bonds is 6. The van der Waals surface area contributed by atoms with Gasteiger partial charge in [-0.1, -0.05) is 30.3 Å². The Kier molecular flexibility index (Phi) is 4.76. The van der Waals surface area contributed by atoms with Gasteiger partial charge in [0.05, 0.1) is 26.4 Å². The number of likely N-dealkylation sites (tertiary alicyclic amines) is 1. The maximum Gasteiger partial charge on any atom is 0.234 e. The number of benzene rings is 1. The highest BCUT2D eigenvalue weighted by Gasteiger charge is 2.50. The molecular weight excluding hydrogens is 280 g/mol. The van der Waals surface area contributed by atoms with E-state index in [2.05, 4.69) is 10.2 Å². The maximum atomic E-state index is 12.1. The SMILES string of the molecule is COC[C@@]12COC[C@@H]1CN(CC(=O)NCc1ccccc1)C2. The Hall–Kier alpha value is -1.43. The minimum absolute atomic E-state index is 0.0778. The van der Waals surface area contributed by atoms with Gasteiger partial charge in [0.15, 0.2) is 0 Å². The molecule has 2 fully saturated rings. The smallest absolute Gasteiger partial charge is 0.234 e. The number of amides is 1. The molecule has 2 aliphatic rings. The maximum absolute atomic E-state index is 12.1. The molecule has 0 bridgehead atoms. The lowest BCUT2D eigenvalue weighted by Crippen LogP contribution is -2.39. The van der Waals surface area contributed by atoms with Crippen molar-refractivity contribution in [2.45, 2.75) is 6.54 Å². The summed E-state index contributed by atoms with van der Waals surface area (Å²) in [5.41, 5.74) is 1.20. The van der Waals surface area contributed by atoms with Gasteiger partial charge in [-0.25, -0.2) is 0 Å². The molecule has 1 aromatic rings.